The highest BCUT2D eigenvalue weighted by Crippen LogP contribution is 2.54. The number of hydrogen-bond acceptors (Lipinski definition) is 2. The molecule has 3 heterocycles. The zero-order valence-corrected chi connectivity index (χ0v) is 20.7. The fourth-order valence-corrected chi connectivity index (χ4v) is 7.17. The molecule has 2 aromatic heterocycles. The molecular formula is C29H32NOS+. The Morgan fingerprint density at radius 1 is 1.12 bits per heavy atom. The lowest BCUT2D eigenvalue weighted by molar-refractivity contribution is -0.633. The molecule has 1 aliphatic carbocycles. The summed E-state index contributed by atoms with van der Waals surface area (Å²) in [4.78, 5) is 0. The molecule has 1 fully saturated rings. The van der Waals surface area contributed by atoms with Gasteiger partial charge in [-0.3, -0.25) is 0 Å². The monoisotopic (exact) mass is 442 g/mol. The van der Waals surface area contributed by atoms with E-state index in [4.69, 9.17) is 4.74 Å². The predicted octanol–water partition coefficient (Wildman–Crippen LogP) is 8.12. The van der Waals surface area contributed by atoms with Gasteiger partial charge in [0.05, 0.1) is 5.56 Å². The van der Waals surface area contributed by atoms with Crippen molar-refractivity contribution in [2.45, 2.75) is 65.7 Å². The van der Waals surface area contributed by atoms with Crippen molar-refractivity contribution >= 4 is 32.3 Å². The molecule has 0 bridgehead atoms. The SMILES string of the molecule is Cc1cc2cc(CC(C)C)cc3c2c(c1C)-c1c(c(C2CCCC2)c2sccc2[n+]1C)O3. The normalized spacial score (nSPS) is 15.7. The summed E-state index contributed by atoms with van der Waals surface area (Å²) in [5.41, 5.74) is 9.57. The van der Waals surface area contributed by atoms with E-state index in [1.54, 1.807) is 0 Å². The Bertz CT molecular complexity index is 1390. The van der Waals surface area contributed by atoms with E-state index in [9.17, 15) is 0 Å². The van der Waals surface area contributed by atoms with E-state index in [1.807, 2.05) is 11.3 Å². The second-order valence-electron chi connectivity index (χ2n) is 10.4. The molecule has 0 saturated heterocycles. The second-order valence-corrected chi connectivity index (χ2v) is 11.3. The van der Waals surface area contributed by atoms with Gasteiger partial charge >= 0.3 is 0 Å². The van der Waals surface area contributed by atoms with Crippen molar-refractivity contribution < 1.29 is 9.30 Å². The topological polar surface area (TPSA) is 13.1 Å². The van der Waals surface area contributed by atoms with Crippen molar-refractivity contribution in [3.05, 3.63) is 51.9 Å². The quantitative estimate of drug-likeness (QED) is 0.257. The summed E-state index contributed by atoms with van der Waals surface area (Å²) in [6, 6.07) is 9.36. The van der Waals surface area contributed by atoms with Gasteiger partial charge in [0.25, 0.3) is 5.69 Å². The molecule has 0 spiro atoms. The van der Waals surface area contributed by atoms with Crippen LogP contribution in [0.15, 0.2) is 29.6 Å². The number of ether oxygens (including phenoxy) is 1. The molecule has 164 valence electrons. The lowest BCUT2D eigenvalue weighted by atomic mass is 9.86. The van der Waals surface area contributed by atoms with Crippen LogP contribution in [-0.4, -0.2) is 0 Å². The van der Waals surface area contributed by atoms with E-state index < -0.39 is 0 Å². The highest BCUT2D eigenvalue weighted by atomic mass is 32.1. The van der Waals surface area contributed by atoms with E-state index in [1.165, 1.54) is 80.2 Å². The standard InChI is InChI=1S/C29H32NOS/c1-16(2)12-19-14-21-13-17(3)18(4)24-25(21)23(15-19)31-28-26(20-8-6-7-9-20)29-22(10-11-32-29)30(5)27(24)28/h10-11,13-16,20H,6-9,12H2,1-5H3/q+1. The number of aromatic nitrogens is 1. The van der Waals surface area contributed by atoms with Crippen LogP contribution >= 0.6 is 11.3 Å². The van der Waals surface area contributed by atoms with Crippen LogP contribution in [0.25, 0.3) is 32.2 Å². The van der Waals surface area contributed by atoms with Crippen LogP contribution in [-0.2, 0) is 13.5 Å². The minimum atomic E-state index is 0.604. The van der Waals surface area contributed by atoms with Gasteiger partial charge in [-0.1, -0.05) is 38.8 Å². The Labute approximate surface area is 194 Å². The third kappa shape index (κ3) is 2.86. The predicted molar refractivity (Wildman–Crippen MR) is 135 cm³/mol. The molecule has 1 saturated carbocycles. The molecule has 1 aliphatic heterocycles. The Hall–Kier alpha value is -2.39. The van der Waals surface area contributed by atoms with Crippen LogP contribution in [0.1, 0.15) is 67.7 Å². The first kappa shape index (κ1) is 20.2. The van der Waals surface area contributed by atoms with E-state index in [2.05, 4.69) is 69.0 Å². The number of nitrogens with zero attached hydrogens (tertiary/aromatic N) is 1. The summed E-state index contributed by atoms with van der Waals surface area (Å²) in [7, 11) is 2.22. The first-order chi connectivity index (χ1) is 15.4. The van der Waals surface area contributed by atoms with Gasteiger partial charge in [-0.15, -0.1) is 11.3 Å². The summed E-state index contributed by atoms with van der Waals surface area (Å²) >= 11 is 1.88. The van der Waals surface area contributed by atoms with Crippen molar-refractivity contribution in [2.24, 2.45) is 13.0 Å². The van der Waals surface area contributed by atoms with Crippen LogP contribution in [0, 0.1) is 19.8 Å². The van der Waals surface area contributed by atoms with Gasteiger partial charge < -0.3 is 4.74 Å². The molecule has 2 aromatic carbocycles. The molecule has 0 amide bonds. The number of fused-ring (bicyclic) bond motifs is 3. The van der Waals surface area contributed by atoms with Gasteiger partial charge in [0.15, 0.2) is 0 Å². The van der Waals surface area contributed by atoms with Gasteiger partial charge in [-0.25, -0.2) is 0 Å². The highest BCUT2D eigenvalue weighted by Gasteiger charge is 2.38. The van der Waals surface area contributed by atoms with Gasteiger partial charge in [-0.2, -0.15) is 4.57 Å². The third-order valence-electron chi connectivity index (χ3n) is 7.68. The van der Waals surface area contributed by atoms with Crippen molar-refractivity contribution in [1.82, 2.24) is 0 Å². The fourth-order valence-electron chi connectivity index (χ4n) is 6.12. The number of pyridine rings is 1. The average molecular weight is 443 g/mol. The summed E-state index contributed by atoms with van der Waals surface area (Å²) in [6.45, 7) is 9.14. The zero-order chi connectivity index (χ0) is 22.1. The Balaban J connectivity index is 1.74. The molecule has 0 radical (unpaired) electrons. The first-order valence-electron chi connectivity index (χ1n) is 12.1. The molecule has 3 heteroatoms. The maximum Gasteiger partial charge on any atom is 0.257 e. The van der Waals surface area contributed by atoms with Crippen LogP contribution in [0.5, 0.6) is 11.5 Å². The number of thiophene rings is 1. The largest absolute Gasteiger partial charge is 0.449 e. The Morgan fingerprint density at radius 3 is 2.66 bits per heavy atom. The summed E-state index contributed by atoms with van der Waals surface area (Å²) < 4.78 is 10.8. The molecule has 0 atom stereocenters. The minimum Gasteiger partial charge on any atom is -0.449 e. The first-order valence-corrected chi connectivity index (χ1v) is 13.0. The summed E-state index contributed by atoms with van der Waals surface area (Å²) in [6.07, 6.45) is 6.29. The number of benzene rings is 2. The second kappa shape index (κ2) is 7.31. The highest BCUT2D eigenvalue weighted by molar-refractivity contribution is 7.17. The molecule has 0 N–H and O–H groups in total. The third-order valence-corrected chi connectivity index (χ3v) is 8.62. The molecular weight excluding hydrogens is 410 g/mol. The molecule has 6 rings (SSSR count). The fraction of sp³-hybridized carbons (Fsp3) is 0.414. The molecule has 2 nitrogen and oxygen atoms in total. The van der Waals surface area contributed by atoms with E-state index in [0.29, 0.717) is 11.8 Å². The van der Waals surface area contributed by atoms with Crippen LogP contribution in [0.2, 0.25) is 0 Å². The molecule has 4 aromatic rings. The van der Waals surface area contributed by atoms with E-state index >= 15 is 0 Å². The van der Waals surface area contributed by atoms with E-state index in [-0.39, 0.29) is 0 Å². The molecule has 2 aliphatic rings. The number of rotatable bonds is 3. The van der Waals surface area contributed by atoms with Gasteiger partial charge in [-0.05, 0) is 78.5 Å². The lowest BCUT2D eigenvalue weighted by Gasteiger charge is -2.26. The van der Waals surface area contributed by atoms with Crippen LogP contribution in [0.4, 0.5) is 0 Å². The minimum absolute atomic E-state index is 0.604. The Morgan fingerprint density at radius 2 is 1.91 bits per heavy atom. The van der Waals surface area contributed by atoms with Crippen molar-refractivity contribution in [3.63, 3.8) is 0 Å². The van der Waals surface area contributed by atoms with E-state index in [0.717, 1.165) is 17.9 Å². The van der Waals surface area contributed by atoms with Crippen molar-refractivity contribution in [2.75, 3.05) is 0 Å². The average Bonchev–Trinajstić information content (AvgIpc) is 3.43. The number of aryl methyl sites for hydroxylation is 2. The Kier molecular flexibility index (Phi) is 4.62. The summed E-state index contributed by atoms with van der Waals surface area (Å²) in [5, 5.41) is 4.85. The number of hydrogen-bond donors (Lipinski definition) is 0. The maximum atomic E-state index is 6.95. The smallest absolute Gasteiger partial charge is 0.257 e. The zero-order valence-electron chi connectivity index (χ0n) is 19.8. The summed E-state index contributed by atoms with van der Waals surface area (Å²) in [5.74, 6) is 3.41. The van der Waals surface area contributed by atoms with Crippen LogP contribution < -0.4 is 9.30 Å². The van der Waals surface area contributed by atoms with Gasteiger partial charge in [0, 0.05) is 17.0 Å². The van der Waals surface area contributed by atoms with Crippen LogP contribution in [0.3, 0.4) is 0 Å². The molecule has 0 unspecified atom stereocenters. The van der Waals surface area contributed by atoms with Crippen molar-refractivity contribution in [3.8, 4) is 22.8 Å². The van der Waals surface area contributed by atoms with Gasteiger partial charge in [0.1, 0.15) is 17.5 Å². The molecule has 32 heavy (non-hydrogen) atoms. The van der Waals surface area contributed by atoms with Crippen molar-refractivity contribution in [1.29, 1.82) is 0 Å². The van der Waals surface area contributed by atoms with Gasteiger partial charge in [0.2, 0.25) is 11.3 Å². The lowest BCUT2D eigenvalue weighted by Crippen LogP contribution is -2.34. The maximum absolute atomic E-state index is 6.95.